The molecule has 1 N–H and O–H groups in total. The number of hydrogen-bond donors (Lipinski definition) is 1. The molecule has 0 bridgehead atoms. The zero-order valence-corrected chi connectivity index (χ0v) is 13.6. The molecule has 1 heterocycles. The van der Waals surface area contributed by atoms with E-state index in [2.05, 4.69) is 30.7 Å². The third kappa shape index (κ3) is 2.62. The highest BCUT2D eigenvalue weighted by atomic mass is 32.2. The van der Waals surface area contributed by atoms with E-state index < -0.39 is 10.2 Å². The van der Waals surface area contributed by atoms with Crippen molar-refractivity contribution >= 4 is 10.2 Å². The second-order valence-corrected chi connectivity index (χ2v) is 8.70. The molecule has 1 aliphatic carbocycles. The van der Waals surface area contributed by atoms with E-state index in [0.717, 1.165) is 19.3 Å². The molecular weight excluding hydrogens is 284 g/mol. The van der Waals surface area contributed by atoms with Gasteiger partial charge in [-0.05, 0) is 30.2 Å². The summed E-state index contributed by atoms with van der Waals surface area (Å²) in [4.78, 5) is 0. The molecule has 1 saturated heterocycles. The minimum Gasteiger partial charge on any atom is -0.201 e. The van der Waals surface area contributed by atoms with E-state index >= 15 is 0 Å². The van der Waals surface area contributed by atoms with Crippen LogP contribution in [0.3, 0.4) is 0 Å². The fourth-order valence-corrected chi connectivity index (χ4v) is 4.95. The molecule has 2 fully saturated rings. The Balaban J connectivity index is 1.76. The van der Waals surface area contributed by atoms with E-state index in [1.165, 1.54) is 5.56 Å². The summed E-state index contributed by atoms with van der Waals surface area (Å²) in [7, 11) is -3.33. The van der Waals surface area contributed by atoms with Crippen molar-refractivity contribution in [3.63, 3.8) is 0 Å². The van der Waals surface area contributed by atoms with Crippen LogP contribution in [0, 0.1) is 5.41 Å². The average Bonchev–Trinajstić information content (AvgIpc) is 2.85. The van der Waals surface area contributed by atoms with E-state index in [-0.39, 0.29) is 10.8 Å². The van der Waals surface area contributed by atoms with E-state index in [1.54, 1.807) is 4.31 Å². The first-order valence-electron chi connectivity index (χ1n) is 7.68. The van der Waals surface area contributed by atoms with Crippen molar-refractivity contribution in [2.75, 3.05) is 19.6 Å². The van der Waals surface area contributed by atoms with Crippen molar-refractivity contribution in [3.8, 4) is 0 Å². The van der Waals surface area contributed by atoms with Crippen molar-refractivity contribution < 1.29 is 8.42 Å². The summed E-state index contributed by atoms with van der Waals surface area (Å²) in [6, 6.07) is 10.3. The normalized spacial score (nSPS) is 28.7. The number of hydrogen-bond acceptors (Lipinski definition) is 2. The third-order valence-corrected chi connectivity index (χ3v) is 6.76. The van der Waals surface area contributed by atoms with Crippen molar-refractivity contribution in [2.24, 2.45) is 5.41 Å². The summed E-state index contributed by atoms with van der Waals surface area (Å²) in [5.41, 5.74) is 1.31. The summed E-state index contributed by atoms with van der Waals surface area (Å²) in [5.74, 6) is 0. The average molecular weight is 308 g/mol. The van der Waals surface area contributed by atoms with E-state index in [9.17, 15) is 8.42 Å². The fraction of sp³-hybridized carbons (Fsp3) is 0.625. The molecule has 0 radical (unpaired) electrons. The largest absolute Gasteiger partial charge is 0.279 e. The van der Waals surface area contributed by atoms with Gasteiger partial charge >= 0.3 is 0 Å². The number of rotatable bonds is 5. The molecule has 0 unspecified atom stereocenters. The minimum absolute atomic E-state index is 0.0684. The summed E-state index contributed by atoms with van der Waals surface area (Å²) >= 11 is 0. The van der Waals surface area contributed by atoms with Crippen molar-refractivity contribution in [1.82, 2.24) is 9.03 Å². The Morgan fingerprint density at radius 1 is 1.14 bits per heavy atom. The van der Waals surface area contributed by atoms with Gasteiger partial charge in [0.1, 0.15) is 0 Å². The zero-order chi connectivity index (χ0) is 15.1. The molecule has 1 atom stereocenters. The summed E-state index contributed by atoms with van der Waals surface area (Å²) < 4.78 is 29.2. The second kappa shape index (κ2) is 5.07. The first kappa shape index (κ1) is 15.0. The number of nitrogens with zero attached hydrogens (tertiary/aromatic N) is 1. The lowest BCUT2D eigenvalue weighted by Gasteiger charge is -2.24. The SMILES string of the molecule is CC1(C)C[C@@]1(CNS(=O)(=O)N1CCCC1)c1ccccc1. The fourth-order valence-electron chi connectivity index (χ4n) is 3.60. The van der Waals surface area contributed by atoms with E-state index in [0.29, 0.717) is 19.6 Å². The van der Waals surface area contributed by atoms with Crippen LogP contribution in [0.1, 0.15) is 38.7 Å². The van der Waals surface area contributed by atoms with Crippen molar-refractivity contribution in [1.29, 1.82) is 0 Å². The van der Waals surface area contributed by atoms with Crippen LogP contribution in [0.5, 0.6) is 0 Å². The van der Waals surface area contributed by atoms with Gasteiger partial charge in [-0.2, -0.15) is 12.7 Å². The molecule has 0 aromatic heterocycles. The van der Waals surface area contributed by atoms with Gasteiger partial charge in [0.25, 0.3) is 10.2 Å². The molecule has 5 heteroatoms. The predicted octanol–water partition coefficient (Wildman–Crippen LogP) is 2.28. The van der Waals surface area contributed by atoms with Crippen LogP contribution in [0.4, 0.5) is 0 Å². The zero-order valence-electron chi connectivity index (χ0n) is 12.8. The van der Waals surface area contributed by atoms with Crippen LogP contribution in [0.15, 0.2) is 30.3 Å². The van der Waals surface area contributed by atoms with Crippen LogP contribution in [-0.2, 0) is 15.6 Å². The third-order valence-electron chi connectivity index (χ3n) is 5.20. The molecule has 4 nitrogen and oxygen atoms in total. The van der Waals surface area contributed by atoms with Crippen LogP contribution in [0.25, 0.3) is 0 Å². The molecule has 1 aliphatic heterocycles. The molecule has 0 spiro atoms. The first-order chi connectivity index (χ1) is 9.87. The van der Waals surface area contributed by atoms with Gasteiger partial charge in [-0.3, -0.25) is 0 Å². The lowest BCUT2D eigenvalue weighted by Crippen LogP contribution is -2.43. The maximum atomic E-state index is 12.4. The summed E-state index contributed by atoms with van der Waals surface area (Å²) in [6.45, 7) is 6.21. The van der Waals surface area contributed by atoms with Crippen LogP contribution in [0.2, 0.25) is 0 Å². The predicted molar refractivity (Wildman–Crippen MR) is 84.2 cm³/mol. The molecule has 2 aliphatic rings. The highest BCUT2D eigenvalue weighted by Crippen LogP contribution is 2.63. The molecule has 0 amide bonds. The lowest BCUT2D eigenvalue weighted by molar-refractivity contribution is 0.444. The molecule has 1 aromatic carbocycles. The lowest BCUT2D eigenvalue weighted by atomic mass is 9.88. The van der Waals surface area contributed by atoms with Gasteiger partial charge in [0.15, 0.2) is 0 Å². The molecule has 3 rings (SSSR count). The van der Waals surface area contributed by atoms with Crippen LogP contribution < -0.4 is 4.72 Å². The van der Waals surface area contributed by atoms with Gasteiger partial charge in [0.2, 0.25) is 0 Å². The molecular formula is C16H24N2O2S. The van der Waals surface area contributed by atoms with Gasteiger partial charge in [0, 0.05) is 25.0 Å². The maximum Gasteiger partial charge on any atom is 0.279 e. The van der Waals surface area contributed by atoms with Gasteiger partial charge < -0.3 is 0 Å². The smallest absolute Gasteiger partial charge is 0.201 e. The molecule has 1 saturated carbocycles. The maximum absolute atomic E-state index is 12.4. The highest BCUT2D eigenvalue weighted by Gasteiger charge is 2.61. The Kier molecular flexibility index (Phi) is 3.62. The Morgan fingerprint density at radius 2 is 1.71 bits per heavy atom. The number of nitrogens with one attached hydrogen (secondary N) is 1. The topological polar surface area (TPSA) is 49.4 Å². The van der Waals surface area contributed by atoms with E-state index in [1.807, 2.05) is 18.2 Å². The van der Waals surface area contributed by atoms with Crippen molar-refractivity contribution in [2.45, 2.75) is 38.5 Å². The standard InChI is InChI=1S/C16H24N2O2S/c1-15(2)12-16(15,14-8-4-3-5-9-14)13-17-21(19,20)18-10-6-7-11-18/h3-5,8-9,17H,6-7,10-13H2,1-2H3/t16-/m1/s1. The quantitative estimate of drug-likeness (QED) is 0.907. The Hall–Kier alpha value is -0.910. The van der Waals surface area contributed by atoms with Gasteiger partial charge in [-0.25, -0.2) is 4.72 Å². The van der Waals surface area contributed by atoms with Crippen LogP contribution >= 0.6 is 0 Å². The highest BCUT2D eigenvalue weighted by molar-refractivity contribution is 7.87. The van der Waals surface area contributed by atoms with Crippen molar-refractivity contribution in [3.05, 3.63) is 35.9 Å². The number of benzene rings is 1. The Morgan fingerprint density at radius 3 is 2.24 bits per heavy atom. The second-order valence-electron chi connectivity index (χ2n) is 6.94. The summed E-state index contributed by atoms with van der Waals surface area (Å²) in [6.07, 6.45) is 2.96. The first-order valence-corrected chi connectivity index (χ1v) is 9.12. The Bertz CT molecular complexity index is 606. The monoisotopic (exact) mass is 308 g/mol. The van der Waals surface area contributed by atoms with Crippen LogP contribution in [-0.4, -0.2) is 32.4 Å². The molecule has 1 aromatic rings. The molecule has 116 valence electrons. The van der Waals surface area contributed by atoms with Gasteiger partial charge in [-0.1, -0.05) is 44.2 Å². The summed E-state index contributed by atoms with van der Waals surface area (Å²) in [5, 5.41) is 0. The van der Waals surface area contributed by atoms with E-state index in [4.69, 9.17) is 0 Å². The van der Waals surface area contributed by atoms with Gasteiger partial charge in [-0.15, -0.1) is 0 Å². The Labute approximate surface area is 127 Å². The van der Waals surface area contributed by atoms with Gasteiger partial charge in [0.05, 0.1) is 0 Å². The molecule has 21 heavy (non-hydrogen) atoms. The minimum atomic E-state index is -3.33.